The molecule has 0 spiro atoms. The number of phenolic OH excluding ortho intramolecular Hbond substituents is 1. The van der Waals surface area contributed by atoms with Crippen LogP contribution in [0.2, 0.25) is 0 Å². The molecule has 5 heteroatoms. The summed E-state index contributed by atoms with van der Waals surface area (Å²) in [5.41, 5.74) is 7.93. The van der Waals surface area contributed by atoms with E-state index in [1.807, 2.05) is 30.3 Å². The average molecular weight is 231 g/mol. The number of nitrogens with two attached hydrogens (primary N) is 1. The molecule has 1 unspecified atom stereocenters. The topological polar surface area (TPSA) is 90.9 Å². The van der Waals surface area contributed by atoms with Crippen LogP contribution < -0.4 is 11.2 Å². The number of aromatic hydroxyl groups is 1. The number of nitrogens with zero attached hydrogens (tertiary/aromatic N) is 1. The molecule has 0 amide bonds. The molecule has 2 aromatic rings. The van der Waals surface area contributed by atoms with E-state index in [2.05, 4.69) is 10.5 Å². The third-order valence-corrected chi connectivity index (χ3v) is 2.35. The van der Waals surface area contributed by atoms with E-state index >= 15 is 0 Å². The van der Waals surface area contributed by atoms with E-state index in [0.717, 1.165) is 10.8 Å². The quantitative estimate of drug-likeness (QED) is 0.355. The average Bonchev–Trinajstić information content (AvgIpc) is 2.32. The van der Waals surface area contributed by atoms with E-state index in [4.69, 9.17) is 10.8 Å². The van der Waals surface area contributed by atoms with Gasteiger partial charge in [-0.2, -0.15) is 5.10 Å². The normalized spacial score (nSPS) is 13.1. The van der Waals surface area contributed by atoms with Crippen LogP contribution in [0, 0.1) is 0 Å². The van der Waals surface area contributed by atoms with E-state index in [1.54, 1.807) is 6.07 Å². The first kappa shape index (κ1) is 11.4. The lowest BCUT2D eigenvalue weighted by atomic mass is 10.0. The van der Waals surface area contributed by atoms with Crippen molar-refractivity contribution in [2.45, 2.75) is 6.35 Å². The lowest BCUT2D eigenvalue weighted by molar-refractivity contribution is 0.147. The zero-order chi connectivity index (χ0) is 12.3. The highest BCUT2D eigenvalue weighted by Gasteiger charge is 2.03. The first-order valence-electron chi connectivity index (χ1n) is 5.11. The lowest BCUT2D eigenvalue weighted by Crippen LogP contribution is -2.32. The van der Waals surface area contributed by atoms with Gasteiger partial charge in [0, 0.05) is 5.56 Å². The number of hydrazone groups is 1. The van der Waals surface area contributed by atoms with Crippen molar-refractivity contribution in [3.05, 3.63) is 42.0 Å². The molecule has 0 heterocycles. The fourth-order valence-corrected chi connectivity index (χ4v) is 1.60. The van der Waals surface area contributed by atoms with Crippen molar-refractivity contribution >= 4 is 17.0 Å². The molecular formula is C12H13N3O2. The minimum atomic E-state index is -1.22. The Morgan fingerprint density at radius 2 is 2.00 bits per heavy atom. The van der Waals surface area contributed by atoms with Gasteiger partial charge < -0.3 is 10.2 Å². The summed E-state index contributed by atoms with van der Waals surface area (Å²) in [5.74, 6) is 0.126. The molecule has 0 bridgehead atoms. The van der Waals surface area contributed by atoms with E-state index in [-0.39, 0.29) is 5.75 Å². The van der Waals surface area contributed by atoms with Gasteiger partial charge in [0.1, 0.15) is 5.75 Å². The van der Waals surface area contributed by atoms with Crippen molar-refractivity contribution in [1.82, 2.24) is 5.43 Å². The number of hydrogen-bond acceptors (Lipinski definition) is 5. The first-order chi connectivity index (χ1) is 8.18. The van der Waals surface area contributed by atoms with Gasteiger partial charge in [0.05, 0.1) is 6.21 Å². The Balaban J connectivity index is 2.44. The molecule has 0 radical (unpaired) electrons. The highest BCUT2D eigenvalue weighted by atomic mass is 16.3. The molecule has 0 aliphatic carbocycles. The van der Waals surface area contributed by atoms with Gasteiger partial charge in [0.2, 0.25) is 0 Å². The summed E-state index contributed by atoms with van der Waals surface area (Å²) in [5, 5.41) is 24.2. The van der Waals surface area contributed by atoms with Crippen LogP contribution in [0.4, 0.5) is 0 Å². The van der Waals surface area contributed by atoms with Crippen LogP contribution in [0.3, 0.4) is 0 Å². The van der Waals surface area contributed by atoms with Gasteiger partial charge in [-0.25, -0.2) is 0 Å². The van der Waals surface area contributed by atoms with Crippen LogP contribution >= 0.6 is 0 Å². The third kappa shape index (κ3) is 2.52. The number of aliphatic hydroxyl groups excluding tert-OH is 1. The molecular weight excluding hydrogens is 218 g/mol. The maximum atomic E-state index is 9.76. The number of nitrogens with one attached hydrogen (secondary N) is 1. The van der Waals surface area contributed by atoms with Crippen LogP contribution in [0.25, 0.3) is 10.8 Å². The fourth-order valence-electron chi connectivity index (χ4n) is 1.60. The van der Waals surface area contributed by atoms with E-state index in [1.165, 1.54) is 6.21 Å². The van der Waals surface area contributed by atoms with Gasteiger partial charge in [0.15, 0.2) is 6.35 Å². The Morgan fingerprint density at radius 1 is 1.24 bits per heavy atom. The van der Waals surface area contributed by atoms with E-state index in [9.17, 15) is 5.11 Å². The molecule has 88 valence electrons. The molecule has 0 aromatic heterocycles. The van der Waals surface area contributed by atoms with Crippen molar-refractivity contribution in [2.75, 3.05) is 0 Å². The molecule has 2 rings (SSSR count). The number of benzene rings is 2. The molecule has 17 heavy (non-hydrogen) atoms. The van der Waals surface area contributed by atoms with Crippen LogP contribution in [0.1, 0.15) is 5.56 Å². The monoisotopic (exact) mass is 231 g/mol. The highest BCUT2D eigenvalue weighted by molar-refractivity contribution is 6.02. The van der Waals surface area contributed by atoms with Crippen LogP contribution in [-0.4, -0.2) is 22.8 Å². The number of aliphatic hydroxyl groups is 1. The smallest absolute Gasteiger partial charge is 0.193 e. The molecule has 5 nitrogen and oxygen atoms in total. The molecule has 0 saturated heterocycles. The van der Waals surface area contributed by atoms with Crippen LogP contribution in [-0.2, 0) is 0 Å². The summed E-state index contributed by atoms with van der Waals surface area (Å²) in [6.45, 7) is 0. The van der Waals surface area contributed by atoms with Gasteiger partial charge in [-0.3, -0.25) is 11.2 Å². The van der Waals surface area contributed by atoms with E-state index < -0.39 is 6.35 Å². The lowest BCUT2D eigenvalue weighted by Gasteiger charge is -2.05. The summed E-state index contributed by atoms with van der Waals surface area (Å²) in [7, 11) is 0. The number of hydrogen-bond donors (Lipinski definition) is 4. The fraction of sp³-hybridized carbons (Fsp3) is 0.0833. The highest BCUT2D eigenvalue weighted by Crippen LogP contribution is 2.25. The third-order valence-electron chi connectivity index (χ3n) is 2.35. The van der Waals surface area contributed by atoms with Gasteiger partial charge in [-0.15, -0.1) is 0 Å². The second-order valence-electron chi connectivity index (χ2n) is 3.55. The second-order valence-corrected chi connectivity index (χ2v) is 3.55. The minimum absolute atomic E-state index is 0.126. The Kier molecular flexibility index (Phi) is 3.22. The van der Waals surface area contributed by atoms with Crippen molar-refractivity contribution in [3.8, 4) is 5.75 Å². The molecule has 5 N–H and O–H groups in total. The number of fused-ring (bicyclic) bond motifs is 1. The Labute approximate surface area is 98.2 Å². The first-order valence-corrected chi connectivity index (χ1v) is 5.11. The molecule has 2 aromatic carbocycles. The predicted octanol–water partition coefficient (Wildman–Crippen LogP) is 0.704. The Hall–Kier alpha value is -2.11. The largest absolute Gasteiger partial charge is 0.507 e. The number of phenols is 1. The maximum Gasteiger partial charge on any atom is 0.193 e. The predicted molar refractivity (Wildman–Crippen MR) is 66.5 cm³/mol. The summed E-state index contributed by atoms with van der Waals surface area (Å²) in [6.07, 6.45) is 0.205. The van der Waals surface area contributed by atoms with Crippen molar-refractivity contribution < 1.29 is 10.2 Å². The van der Waals surface area contributed by atoms with E-state index in [0.29, 0.717) is 5.56 Å². The van der Waals surface area contributed by atoms with Gasteiger partial charge in [-0.05, 0) is 16.8 Å². The molecule has 1 atom stereocenters. The summed E-state index contributed by atoms with van der Waals surface area (Å²) in [6, 6.07) is 11.1. The van der Waals surface area contributed by atoms with Crippen molar-refractivity contribution in [1.29, 1.82) is 0 Å². The molecule has 0 aliphatic rings. The second kappa shape index (κ2) is 4.82. The number of rotatable bonds is 3. The Bertz CT molecular complexity index is 552. The summed E-state index contributed by atoms with van der Waals surface area (Å²) in [4.78, 5) is 0. The zero-order valence-corrected chi connectivity index (χ0v) is 9.04. The van der Waals surface area contributed by atoms with Gasteiger partial charge in [0.25, 0.3) is 0 Å². The standard InChI is InChI=1S/C12H13N3O2/c13-12(17)15-14-7-10-9-4-2-1-3-8(9)5-6-11(10)16/h1-7,12,15-17H,13H2/b14-7+. The van der Waals surface area contributed by atoms with Crippen LogP contribution in [0.15, 0.2) is 41.5 Å². The maximum absolute atomic E-state index is 9.76. The zero-order valence-electron chi connectivity index (χ0n) is 9.04. The van der Waals surface area contributed by atoms with Crippen molar-refractivity contribution in [3.63, 3.8) is 0 Å². The van der Waals surface area contributed by atoms with Crippen molar-refractivity contribution in [2.24, 2.45) is 10.8 Å². The summed E-state index contributed by atoms with van der Waals surface area (Å²) >= 11 is 0. The van der Waals surface area contributed by atoms with Gasteiger partial charge >= 0.3 is 0 Å². The van der Waals surface area contributed by atoms with Crippen LogP contribution in [0.5, 0.6) is 5.75 Å². The molecule has 0 aliphatic heterocycles. The molecule has 0 saturated carbocycles. The molecule has 0 fully saturated rings. The minimum Gasteiger partial charge on any atom is -0.507 e. The van der Waals surface area contributed by atoms with Gasteiger partial charge in [-0.1, -0.05) is 30.3 Å². The SMILES string of the molecule is NC(O)N/N=C/c1c(O)ccc2ccccc12. The summed E-state index contributed by atoms with van der Waals surface area (Å²) < 4.78 is 0. The Morgan fingerprint density at radius 3 is 2.76 bits per heavy atom.